The van der Waals surface area contributed by atoms with Crippen molar-refractivity contribution in [1.29, 1.82) is 0 Å². The Hall–Kier alpha value is -3.08. The fourth-order valence-electron chi connectivity index (χ4n) is 3.12. The second-order valence-electron chi connectivity index (χ2n) is 6.62. The zero-order chi connectivity index (χ0) is 19.6. The predicted molar refractivity (Wildman–Crippen MR) is 110 cm³/mol. The van der Waals surface area contributed by atoms with E-state index in [4.69, 9.17) is 4.42 Å². The molecule has 0 aliphatic heterocycles. The molecule has 5 nitrogen and oxygen atoms in total. The minimum atomic E-state index is -0.614. The molecule has 3 aromatic rings. The first-order chi connectivity index (χ1) is 12.9. The minimum absolute atomic E-state index is 0.0526. The number of carbonyl (C=O) groups is 1. The monoisotopic (exact) mass is 364 g/mol. The molecule has 0 atom stereocenters. The lowest BCUT2D eigenvalue weighted by atomic mass is 10.0. The van der Waals surface area contributed by atoms with Crippen LogP contribution in [0.5, 0.6) is 0 Å². The Kier molecular flexibility index (Phi) is 5.31. The molecule has 0 radical (unpaired) electrons. The lowest BCUT2D eigenvalue weighted by Crippen LogP contribution is -2.22. The maximum Gasteiger partial charge on any atom is 0.347 e. The van der Waals surface area contributed by atoms with Crippen LogP contribution in [0, 0.1) is 0 Å². The molecule has 5 heteroatoms. The summed E-state index contributed by atoms with van der Waals surface area (Å²) in [5.74, 6) is -0.323. The molecule has 0 spiro atoms. The number of ketones is 1. The Bertz CT molecular complexity index is 1030. The van der Waals surface area contributed by atoms with Crippen molar-refractivity contribution in [2.45, 2.75) is 13.8 Å². The van der Waals surface area contributed by atoms with E-state index >= 15 is 0 Å². The summed E-state index contributed by atoms with van der Waals surface area (Å²) in [7, 11) is 3.83. The van der Waals surface area contributed by atoms with E-state index in [0.717, 1.165) is 29.9 Å². The Morgan fingerprint density at radius 1 is 0.963 bits per heavy atom. The number of carbonyl (C=O) groups excluding carboxylic acids is 1. The molecule has 0 unspecified atom stereocenters. The fraction of sp³-hybridized carbons (Fsp3) is 0.273. The molecule has 0 amide bonds. The van der Waals surface area contributed by atoms with Gasteiger partial charge in [0.15, 0.2) is 5.78 Å². The molecule has 27 heavy (non-hydrogen) atoms. The van der Waals surface area contributed by atoms with E-state index in [1.165, 1.54) is 0 Å². The summed E-state index contributed by atoms with van der Waals surface area (Å²) in [6.45, 7) is 5.83. The van der Waals surface area contributed by atoms with Gasteiger partial charge in [0, 0.05) is 55.6 Å². The largest absolute Gasteiger partial charge is 0.422 e. The van der Waals surface area contributed by atoms with E-state index in [1.807, 2.05) is 49.3 Å². The molecular weight excluding hydrogens is 340 g/mol. The highest BCUT2D eigenvalue weighted by atomic mass is 16.4. The van der Waals surface area contributed by atoms with Gasteiger partial charge in [-0.25, -0.2) is 4.79 Å². The molecular formula is C22H24N2O3. The third-order valence-corrected chi connectivity index (χ3v) is 4.72. The SMILES string of the molecule is CCN(CC)c1cccc(C(=O)c2cc3ccc(N(C)C)cc3oc2=O)c1. The third-order valence-electron chi connectivity index (χ3n) is 4.72. The van der Waals surface area contributed by atoms with Crippen molar-refractivity contribution in [2.75, 3.05) is 37.0 Å². The number of anilines is 2. The lowest BCUT2D eigenvalue weighted by Gasteiger charge is -2.21. The van der Waals surface area contributed by atoms with Crippen molar-refractivity contribution in [1.82, 2.24) is 0 Å². The zero-order valence-corrected chi connectivity index (χ0v) is 16.2. The van der Waals surface area contributed by atoms with Crippen LogP contribution in [-0.2, 0) is 0 Å². The number of hydrogen-bond donors (Lipinski definition) is 0. The number of benzene rings is 2. The summed E-state index contributed by atoms with van der Waals surface area (Å²) < 4.78 is 5.43. The van der Waals surface area contributed by atoms with E-state index in [9.17, 15) is 9.59 Å². The van der Waals surface area contributed by atoms with Crippen LogP contribution in [0.2, 0.25) is 0 Å². The average molecular weight is 364 g/mol. The van der Waals surface area contributed by atoms with Crippen LogP contribution in [0.4, 0.5) is 11.4 Å². The Balaban J connectivity index is 2.03. The summed E-state index contributed by atoms with van der Waals surface area (Å²) in [6, 6.07) is 14.6. The van der Waals surface area contributed by atoms with Crippen molar-refractivity contribution in [3.05, 3.63) is 70.1 Å². The van der Waals surface area contributed by atoms with E-state index in [0.29, 0.717) is 11.1 Å². The molecule has 140 valence electrons. The fourth-order valence-corrected chi connectivity index (χ4v) is 3.12. The van der Waals surface area contributed by atoms with Gasteiger partial charge in [0.2, 0.25) is 0 Å². The van der Waals surface area contributed by atoms with Gasteiger partial charge in [0.1, 0.15) is 11.1 Å². The molecule has 0 saturated carbocycles. The summed E-state index contributed by atoms with van der Waals surface area (Å²) in [4.78, 5) is 29.5. The van der Waals surface area contributed by atoms with Gasteiger partial charge in [-0.1, -0.05) is 12.1 Å². The molecule has 1 aromatic heterocycles. The van der Waals surface area contributed by atoms with Crippen molar-refractivity contribution in [3.63, 3.8) is 0 Å². The van der Waals surface area contributed by atoms with Crippen LogP contribution in [0.25, 0.3) is 11.0 Å². The van der Waals surface area contributed by atoms with Gasteiger partial charge in [-0.15, -0.1) is 0 Å². The molecule has 0 aliphatic rings. The summed E-state index contributed by atoms with van der Waals surface area (Å²) in [5, 5.41) is 0.725. The quantitative estimate of drug-likeness (QED) is 0.490. The van der Waals surface area contributed by atoms with Gasteiger partial charge >= 0.3 is 5.63 Å². The molecule has 0 N–H and O–H groups in total. The molecule has 0 aliphatic carbocycles. The van der Waals surface area contributed by atoms with Gasteiger partial charge in [-0.3, -0.25) is 4.79 Å². The first-order valence-corrected chi connectivity index (χ1v) is 9.09. The summed E-state index contributed by atoms with van der Waals surface area (Å²) in [6.07, 6.45) is 0. The van der Waals surface area contributed by atoms with E-state index in [-0.39, 0.29) is 11.3 Å². The third kappa shape index (κ3) is 3.72. The maximum atomic E-state index is 13.0. The molecule has 0 fully saturated rings. The average Bonchev–Trinajstić information content (AvgIpc) is 2.67. The molecule has 0 saturated heterocycles. The Labute approximate surface area is 158 Å². The second-order valence-corrected chi connectivity index (χ2v) is 6.62. The number of rotatable bonds is 6. The Morgan fingerprint density at radius 3 is 2.37 bits per heavy atom. The van der Waals surface area contributed by atoms with Crippen molar-refractivity contribution < 1.29 is 9.21 Å². The first kappa shape index (κ1) is 18.7. The van der Waals surface area contributed by atoms with Gasteiger partial charge in [-0.05, 0) is 44.2 Å². The standard InChI is InChI=1S/C22H24N2O3/c1-5-24(6-2)18-9-7-8-16(12-18)21(25)19-13-15-10-11-17(23(3)4)14-20(15)27-22(19)26/h7-14H,5-6H2,1-4H3. The normalized spacial score (nSPS) is 10.8. The number of hydrogen-bond acceptors (Lipinski definition) is 5. The van der Waals surface area contributed by atoms with Crippen LogP contribution in [-0.4, -0.2) is 33.0 Å². The second kappa shape index (κ2) is 7.66. The van der Waals surface area contributed by atoms with Crippen molar-refractivity contribution in [2.24, 2.45) is 0 Å². The molecule has 0 bridgehead atoms. The van der Waals surface area contributed by atoms with Crippen LogP contribution in [0.15, 0.2) is 57.7 Å². The van der Waals surface area contributed by atoms with Crippen molar-refractivity contribution >= 4 is 28.1 Å². The highest BCUT2D eigenvalue weighted by molar-refractivity contribution is 6.10. The van der Waals surface area contributed by atoms with Crippen LogP contribution >= 0.6 is 0 Å². The molecule has 2 aromatic carbocycles. The topological polar surface area (TPSA) is 53.8 Å². The first-order valence-electron chi connectivity index (χ1n) is 9.09. The number of nitrogens with zero attached hydrogens (tertiary/aromatic N) is 2. The Morgan fingerprint density at radius 2 is 1.70 bits per heavy atom. The van der Waals surface area contributed by atoms with Gasteiger partial charge in [0.25, 0.3) is 0 Å². The molecule has 1 heterocycles. The maximum absolute atomic E-state index is 13.0. The van der Waals surface area contributed by atoms with Crippen LogP contribution in [0.3, 0.4) is 0 Å². The lowest BCUT2D eigenvalue weighted by molar-refractivity contribution is 0.103. The van der Waals surface area contributed by atoms with Gasteiger partial charge in [0.05, 0.1) is 0 Å². The van der Waals surface area contributed by atoms with E-state index < -0.39 is 5.63 Å². The van der Waals surface area contributed by atoms with E-state index in [2.05, 4.69) is 18.7 Å². The number of fused-ring (bicyclic) bond motifs is 1. The van der Waals surface area contributed by atoms with Gasteiger partial charge in [-0.2, -0.15) is 0 Å². The van der Waals surface area contributed by atoms with Gasteiger partial charge < -0.3 is 14.2 Å². The van der Waals surface area contributed by atoms with E-state index in [1.54, 1.807) is 18.2 Å². The highest BCUT2D eigenvalue weighted by Gasteiger charge is 2.17. The predicted octanol–water partition coefficient (Wildman–Crippen LogP) is 3.94. The molecule has 3 rings (SSSR count). The zero-order valence-electron chi connectivity index (χ0n) is 16.2. The van der Waals surface area contributed by atoms with Crippen LogP contribution in [0.1, 0.15) is 29.8 Å². The summed E-state index contributed by atoms with van der Waals surface area (Å²) >= 11 is 0. The smallest absolute Gasteiger partial charge is 0.347 e. The minimum Gasteiger partial charge on any atom is -0.422 e. The van der Waals surface area contributed by atoms with Crippen LogP contribution < -0.4 is 15.4 Å². The summed E-state index contributed by atoms with van der Waals surface area (Å²) in [5.41, 5.74) is 2.28. The highest BCUT2D eigenvalue weighted by Crippen LogP contribution is 2.22. The van der Waals surface area contributed by atoms with Crippen molar-refractivity contribution in [3.8, 4) is 0 Å².